The molecule has 17 heavy (non-hydrogen) atoms. The highest BCUT2D eigenvalue weighted by Gasteiger charge is 2.20. The molecule has 5 nitrogen and oxygen atoms in total. The van der Waals surface area contributed by atoms with E-state index in [1.807, 2.05) is 0 Å². The topological polar surface area (TPSA) is 65.0 Å². The molecule has 1 aliphatic rings. The molecule has 0 aromatic heterocycles. The van der Waals surface area contributed by atoms with Gasteiger partial charge in [-0.1, -0.05) is 12.1 Å². The minimum Gasteiger partial charge on any atom is -0.493 e. The van der Waals surface area contributed by atoms with Gasteiger partial charge >= 0.3 is 0 Å². The molecule has 0 radical (unpaired) electrons. The minimum absolute atomic E-state index is 0.0529. The van der Waals surface area contributed by atoms with Crippen LogP contribution in [-0.4, -0.2) is 27.7 Å². The van der Waals surface area contributed by atoms with Crippen LogP contribution in [-0.2, 0) is 9.84 Å². The largest absolute Gasteiger partial charge is 0.493 e. The van der Waals surface area contributed by atoms with Crippen molar-refractivity contribution in [2.75, 3.05) is 13.7 Å². The Labute approximate surface area is 99.3 Å². The Kier molecular flexibility index (Phi) is 3.14. The van der Waals surface area contributed by atoms with Gasteiger partial charge in [0, 0.05) is 6.20 Å². The average molecular weight is 253 g/mol. The Hall–Kier alpha value is -1.82. The van der Waals surface area contributed by atoms with Crippen LogP contribution in [0.4, 0.5) is 0 Å². The highest BCUT2D eigenvalue weighted by atomic mass is 32.2. The van der Waals surface area contributed by atoms with E-state index in [1.54, 1.807) is 24.3 Å². The maximum atomic E-state index is 11.4. The molecule has 0 saturated heterocycles. The van der Waals surface area contributed by atoms with E-state index in [-0.39, 0.29) is 11.5 Å². The Morgan fingerprint density at radius 1 is 1.24 bits per heavy atom. The van der Waals surface area contributed by atoms with Crippen molar-refractivity contribution in [2.24, 2.45) is 4.99 Å². The van der Waals surface area contributed by atoms with Crippen LogP contribution in [0, 0.1) is 0 Å². The van der Waals surface area contributed by atoms with E-state index in [0.29, 0.717) is 11.5 Å². The lowest BCUT2D eigenvalue weighted by atomic mass is 10.3. The van der Waals surface area contributed by atoms with Crippen molar-refractivity contribution in [1.29, 1.82) is 0 Å². The molecule has 1 heterocycles. The number of ether oxygens (including phenoxy) is 2. The van der Waals surface area contributed by atoms with Gasteiger partial charge in [0.15, 0.2) is 11.5 Å². The molecular weight excluding hydrogens is 242 g/mol. The molecule has 2 rings (SSSR count). The number of nitrogens with zero attached hydrogens (tertiary/aromatic N) is 1. The van der Waals surface area contributed by atoms with Gasteiger partial charge in [0.05, 0.1) is 7.11 Å². The summed E-state index contributed by atoms with van der Waals surface area (Å²) in [5, 5.41) is 0. The van der Waals surface area contributed by atoms with E-state index < -0.39 is 9.84 Å². The van der Waals surface area contributed by atoms with Gasteiger partial charge in [-0.3, -0.25) is 4.99 Å². The van der Waals surface area contributed by atoms with Crippen LogP contribution in [0.2, 0.25) is 0 Å². The summed E-state index contributed by atoms with van der Waals surface area (Å²) < 4.78 is 33.3. The van der Waals surface area contributed by atoms with Gasteiger partial charge < -0.3 is 9.47 Å². The Bertz CT molecular complexity index is 575. The lowest BCUT2D eigenvalue weighted by Crippen LogP contribution is -2.10. The molecule has 90 valence electrons. The first-order valence-corrected chi connectivity index (χ1v) is 6.41. The lowest BCUT2D eigenvalue weighted by molar-refractivity contribution is 0.323. The average Bonchev–Trinajstić information content (AvgIpc) is 2.66. The second kappa shape index (κ2) is 4.58. The number of benzene rings is 1. The summed E-state index contributed by atoms with van der Waals surface area (Å²) in [6, 6.07) is 7.04. The number of sulfone groups is 1. The fourth-order valence-electron chi connectivity index (χ4n) is 1.34. The molecule has 0 saturated carbocycles. The summed E-state index contributed by atoms with van der Waals surface area (Å²) in [6.07, 6.45) is 1.28. The van der Waals surface area contributed by atoms with Crippen molar-refractivity contribution >= 4 is 15.4 Å². The normalized spacial score (nSPS) is 16.6. The van der Waals surface area contributed by atoms with Crippen LogP contribution in [0.1, 0.15) is 0 Å². The summed E-state index contributed by atoms with van der Waals surface area (Å²) in [5.74, 6) is 1.06. The van der Waals surface area contributed by atoms with E-state index in [0.717, 1.165) is 5.55 Å². The highest BCUT2D eigenvalue weighted by molar-refractivity contribution is 8.08. The van der Waals surface area contributed by atoms with Gasteiger partial charge in [-0.25, -0.2) is 8.42 Å². The number of rotatable bonds is 4. The van der Waals surface area contributed by atoms with E-state index in [2.05, 4.69) is 4.99 Å². The van der Waals surface area contributed by atoms with Crippen molar-refractivity contribution in [1.82, 2.24) is 0 Å². The maximum absolute atomic E-state index is 11.4. The zero-order valence-corrected chi connectivity index (χ0v) is 9.98. The predicted octanol–water partition coefficient (Wildman–Crippen LogP) is 1.37. The third-order valence-electron chi connectivity index (χ3n) is 2.22. The summed E-state index contributed by atoms with van der Waals surface area (Å²) >= 11 is 0. The Morgan fingerprint density at radius 2 is 1.94 bits per heavy atom. The zero-order valence-electron chi connectivity index (χ0n) is 9.16. The van der Waals surface area contributed by atoms with Crippen LogP contribution in [0.3, 0.4) is 0 Å². The molecule has 0 fully saturated rings. The first kappa shape index (κ1) is 11.7. The third kappa shape index (κ3) is 2.47. The Balaban J connectivity index is 2.09. The Morgan fingerprint density at radius 3 is 2.53 bits per heavy atom. The maximum Gasteiger partial charge on any atom is 0.217 e. The molecule has 0 amide bonds. The summed E-state index contributed by atoms with van der Waals surface area (Å²) in [4.78, 5) is 3.73. The molecule has 6 heteroatoms. The quantitative estimate of drug-likeness (QED) is 0.813. The molecule has 0 aliphatic carbocycles. The second-order valence-corrected chi connectivity index (χ2v) is 5.16. The zero-order chi connectivity index (χ0) is 12.3. The number of para-hydroxylation sites is 2. The molecule has 1 aromatic rings. The van der Waals surface area contributed by atoms with Crippen molar-refractivity contribution in [2.45, 2.75) is 0 Å². The predicted molar refractivity (Wildman–Crippen MR) is 64.0 cm³/mol. The molecular formula is C11H11NO4S. The summed E-state index contributed by atoms with van der Waals surface area (Å²) in [5.41, 5.74) is 0.911. The van der Waals surface area contributed by atoms with E-state index in [1.165, 1.54) is 13.3 Å². The monoisotopic (exact) mass is 253 g/mol. The SMILES string of the molecule is COc1ccccc1OCC1=CN=CS1(=O)=O. The molecule has 0 bridgehead atoms. The first-order chi connectivity index (χ1) is 8.13. The smallest absolute Gasteiger partial charge is 0.217 e. The highest BCUT2D eigenvalue weighted by Crippen LogP contribution is 2.26. The summed E-state index contributed by atoms with van der Waals surface area (Å²) in [6.45, 7) is -0.0529. The lowest BCUT2D eigenvalue weighted by Gasteiger charge is -2.09. The standard InChI is InChI=1S/C11H11NO4S/c1-15-10-4-2-3-5-11(10)16-7-9-6-12-8-17(9,13)14/h2-6,8H,7H2,1H3. The fraction of sp³-hybridized carbons (Fsp3) is 0.182. The van der Waals surface area contributed by atoms with Gasteiger partial charge in [-0.05, 0) is 12.1 Å². The van der Waals surface area contributed by atoms with Crippen molar-refractivity contribution in [3.63, 3.8) is 0 Å². The van der Waals surface area contributed by atoms with Gasteiger partial charge in [-0.15, -0.1) is 0 Å². The minimum atomic E-state index is -3.37. The van der Waals surface area contributed by atoms with Gasteiger partial charge in [0.2, 0.25) is 9.84 Å². The van der Waals surface area contributed by atoms with Crippen LogP contribution >= 0.6 is 0 Å². The van der Waals surface area contributed by atoms with Gasteiger partial charge in [-0.2, -0.15) is 0 Å². The van der Waals surface area contributed by atoms with E-state index >= 15 is 0 Å². The van der Waals surface area contributed by atoms with Crippen LogP contribution in [0.5, 0.6) is 11.5 Å². The molecule has 1 aromatic carbocycles. The van der Waals surface area contributed by atoms with E-state index in [4.69, 9.17) is 9.47 Å². The van der Waals surface area contributed by atoms with Gasteiger partial charge in [0.25, 0.3) is 0 Å². The van der Waals surface area contributed by atoms with Crippen LogP contribution in [0.15, 0.2) is 40.4 Å². The molecule has 1 aliphatic heterocycles. The van der Waals surface area contributed by atoms with Crippen LogP contribution < -0.4 is 9.47 Å². The molecule has 0 spiro atoms. The number of hydrogen-bond donors (Lipinski definition) is 0. The first-order valence-electron chi connectivity index (χ1n) is 4.86. The van der Waals surface area contributed by atoms with E-state index in [9.17, 15) is 8.42 Å². The second-order valence-electron chi connectivity index (χ2n) is 3.33. The molecule has 0 atom stereocenters. The summed E-state index contributed by atoms with van der Waals surface area (Å²) in [7, 11) is -1.85. The molecule has 0 unspecified atom stereocenters. The third-order valence-corrected chi connectivity index (χ3v) is 3.58. The number of hydrogen-bond acceptors (Lipinski definition) is 5. The van der Waals surface area contributed by atoms with Crippen molar-refractivity contribution in [3.8, 4) is 11.5 Å². The van der Waals surface area contributed by atoms with Crippen LogP contribution in [0.25, 0.3) is 0 Å². The van der Waals surface area contributed by atoms with Crippen molar-refractivity contribution < 1.29 is 17.9 Å². The van der Waals surface area contributed by atoms with Gasteiger partial charge in [0.1, 0.15) is 17.1 Å². The number of methoxy groups -OCH3 is 1. The van der Waals surface area contributed by atoms with Crippen molar-refractivity contribution in [3.05, 3.63) is 35.4 Å². The number of aliphatic imine (C=N–C) groups is 1. The fourth-order valence-corrected chi connectivity index (χ4v) is 2.13. The molecule has 0 N–H and O–H groups in total.